The molecule has 0 radical (unpaired) electrons. The van der Waals surface area contributed by atoms with E-state index in [-0.39, 0.29) is 6.61 Å². The maximum absolute atomic E-state index is 12.4. The number of benzene rings is 1. The second-order valence-electron chi connectivity index (χ2n) is 6.39. The number of carbonyl (C=O) groups excluding carboxylic acids is 3. The molecule has 1 N–H and O–H groups in total. The molecule has 144 valence electrons. The van der Waals surface area contributed by atoms with Gasteiger partial charge in [-0.05, 0) is 52.0 Å². The fraction of sp³-hybridized carbons (Fsp3) is 0.368. The van der Waals surface area contributed by atoms with Crippen molar-refractivity contribution >= 4 is 17.8 Å². The number of nitrogens with one attached hydrogen (secondary N) is 1. The number of rotatable bonds is 6. The molecule has 0 fully saturated rings. The van der Waals surface area contributed by atoms with Gasteiger partial charge in [0, 0.05) is 5.56 Å². The van der Waals surface area contributed by atoms with E-state index in [2.05, 4.69) is 15.2 Å². The average molecular weight is 373 g/mol. The van der Waals surface area contributed by atoms with Gasteiger partial charge in [0.2, 0.25) is 0 Å². The van der Waals surface area contributed by atoms with E-state index >= 15 is 0 Å². The van der Waals surface area contributed by atoms with Crippen LogP contribution in [-0.2, 0) is 14.3 Å². The minimum absolute atomic E-state index is 0.287. The van der Waals surface area contributed by atoms with E-state index in [4.69, 9.17) is 4.74 Å². The van der Waals surface area contributed by atoms with Crippen molar-refractivity contribution in [2.24, 2.45) is 0 Å². The van der Waals surface area contributed by atoms with Gasteiger partial charge in [0.25, 0.3) is 5.91 Å². The lowest BCUT2D eigenvalue weighted by molar-refractivity contribution is -0.146. The monoisotopic (exact) mass is 373 g/mol. The lowest BCUT2D eigenvalue weighted by Crippen LogP contribution is -2.50. The second-order valence-corrected chi connectivity index (χ2v) is 6.39. The van der Waals surface area contributed by atoms with Gasteiger partial charge in [-0.15, -0.1) is 0 Å². The highest BCUT2D eigenvalue weighted by atomic mass is 16.5. The number of carbonyl (C=O) groups is 3. The van der Waals surface area contributed by atoms with E-state index < -0.39 is 23.4 Å². The molecular formula is C19H23N3O5. The molecule has 0 aliphatic carbocycles. The molecule has 1 aromatic heterocycles. The zero-order valence-electron chi connectivity index (χ0n) is 16.0. The van der Waals surface area contributed by atoms with Crippen molar-refractivity contribution in [2.75, 3.05) is 13.7 Å². The fourth-order valence-corrected chi connectivity index (χ4v) is 2.50. The van der Waals surface area contributed by atoms with Crippen LogP contribution in [0.4, 0.5) is 0 Å². The molecule has 0 saturated heterocycles. The molecule has 1 aromatic carbocycles. The number of methoxy groups -OCH3 is 1. The third-order valence-electron chi connectivity index (χ3n) is 4.00. The van der Waals surface area contributed by atoms with Crippen LogP contribution < -0.4 is 5.32 Å². The van der Waals surface area contributed by atoms with Crippen molar-refractivity contribution in [3.05, 3.63) is 47.3 Å². The molecule has 2 rings (SSSR count). The summed E-state index contributed by atoms with van der Waals surface area (Å²) in [6.45, 7) is 6.92. The summed E-state index contributed by atoms with van der Waals surface area (Å²) >= 11 is 0. The Labute approximate surface area is 157 Å². The molecular weight excluding hydrogens is 350 g/mol. The van der Waals surface area contributed by atoms with Crippen LogP contribution in [0.15, 0.2) is 30.5 Å². The SMILES string of the molecule is CCOC(=O)c1cnn(-c2ccc(C(=O)NC(C)(C)C(=O)OC)cc2)c1C. The molecule has 0 bridgehead atoms. The van der Waals surface area contributed by atoms with Crippen LogP contribution in [0.1, 0.15) is 47.2 Å². The number of nitrogens with zero attached hydrogens (tertiary/aromatic N) is 2. The number of esters is 2. The van der Waals surface area contributed by atoms with Gasteiger partial charge in [0.05, 0.1) is 31.3 Å². The Bertz CT molecular complexity index is 853. The molecule has 8 heteroatoms. The van der Waals surface area contributed by atoms with Gasteiger partial charge in [-0.1, -0.05) is 0 Å². The minimum atomic E-state index is -1.14. The van der Waals surface area contributed by atoms with Gasteiger partial charge in [0.15, 0.2) is 0 Å². The van der Waals surface area contributed by atoms with Gasteiger partial charge in [-0.25, -0.2) is 14.3 Å². The van der Waals surface area contributed by atoms with Gasteiger partial charge >= 0.3 is 11.9 Å². The number of hydrogen-bond acceptors (Lipinski definition) is 6. The van der Waals surface area contributed by atoms with E-state index in [9.17, 15) is 14.4 Å². The van der Waals surface area contributed by atoms with Crippen molar-refractivity contribution < 1.29 is 23.9 Å². The van der Waals surface area contributed by atoms with E-state index in [1.165, 1.54) is 13.3 Å². The second kappa shape index (κ2) is 8.03. The van der Waals surface area contributed by atoms with Crippen LogP contribution in [-0.4, -0.2) is 46.9 Å². The third-order valence-corrected chi connectivity index (χ3v) is 4.00. The van der Waals surface area contributed by atoms with Crippen molar-refractivity contribution in [2.45, 2.75) is 33.2 Å². The van der Waals surface area contributed by atoms with Crippen LogP contribution in [0.3, 0.4) is 0 Å². The molecule has 0 atom stereocenters. The Kier molecular flexibility index (Phi) is 5.99. The van der Waals surface area contributed by atoms with E-state index in [0.29, 0.717) is 22.5 Å². The smallest absolute Gasteiger partial charge is 0.341 e. The maximum atomic E-state index is 12.4. The summed E-state index contributed by atoms with van der Waals surface area (Å²) in [6, 6.07) is 6.64. The average Bonchev–Trinajstić information content (AvgIpc) is 3.02. The largest absolute Gasteiger partial charge is 0.467 e. The first-order valence-corrected chi connectivity index (χ1v) is 8.44. The molecule has 2 aromatic rings. The highest BCUT2D eigenvalue weighted by Crippen LogP contribution is 2.16. The van der Waals surface area contributed by atoms with E-state index in [1.807, 2.05) is 0 Å². The standard InChI is InChI=1S/C19H23N3O5/c1-6-27-17(24)15-11-20-22(12(15)2)14-9-7-13(8-10-14)16(23)21-19(3,4)18(25)26-5/h7-11H,6H2,1-5H3,(H,21,23). The highest BCUT2D eigenvalue weighted by Gasteiger charge is 2.30. The van der Waals surface area contributed by atoms with Crippen molar-refractivity contribution in [1.82, 2.24) is 15.1 Å². The van der Waals surface area contributed by atoms with Gasteiger partial charge in [0.1, 0.15) is 11.1 Å². The topological polar surface area (TPSA) is 99.5 Å². The number of hydrogen-bond donors (Lipinski definition) is 1. The minimum Gasteiger partial charge on any atom is -0.467 e. The van der Waals surface area contributed by atoms with Crippen LogP contribution in [0.5, 0.6) is 0 Å². The quantitative estimate of drug-likeness (QED) is 0.778. The molecule has 0 spiro atoms. The molecule has 1 heterocycles. The third kappa shape index (κ3) is 4.33. The van der Waals surface area contributed by atoms with E-state index in [0.717, 1.165) is 0 Å². The Morgan fingerprint density at radius 3 is 2.37 bits per heavy atom. The number of aromatic nitrogens is 2. The van der Waals surface area contributed by atoms with Gasteiger partial charge in [-0.2, -0.15) is 5.10 Å². The van der Waals surface area contributed by atoms with Crippen LogP contribution in [0.2, 0.25) is 0 Å². The van der Waals surface area contributed by atoms with Crippen LogP contribution in [0.25, 0.3) is 5.69 Å². The molecule has 0 saturated carbocycles. The van der Waals surface area contributed by atoms with Gasteiger partial charge < -0.3 is 14.8 Å². The number of amides is 1. The summed E-state index contributed by atoms with van der Waals surface area (Å²) in [5, 5.41) is 6.84. The zero-order chi connectivity index (χ0) is 20.2. The summed E-state index contributed by atoms with van der Waals surface area (Å²) in [5.74, 6) is -1.37. The Balaban J connectivity index is 2.20. The molecule has 1 amide bonds. The number of ether oxygens (including phenoxy) is 2. The Hall–Kier alpha value is -3.16. The molecule has 8 nitrogen and oxygen atoms in total. The zero-order valence-corrected chi connectivity index (χ0v) is 16.0. The molecule has 0 aliphatic heterocycles. The van der Waals surface area contributed by atoms with Crippen molar-refractivity contribution in [3.63, 3.8) is 0 Å². The molecule has 0 aliphatic rings. The summed E-state index contributed by atoms with van der Waals surface area (Å²) in [4.78, 5) is 36.0. The first kappa shape index (κ1) is 20.2. The first-order chi connectivity index (χ1) is 12.7. The first-order valence-electron chi connectivity index (χ1n) is 8.44. The van der Waals surface area contributed by atoms with Crippen LogP contribution in [0, 0.1) is 6.92 Å². The van der Waals surface area contributed by atoms with Crippen LogP contribution >= 0.6 is 0 Å². The maximum Gasteiger partial charge on any atom is 0.341 e. The van der Waals surface area contributed by atoms with E-state index in [1.54, 1.807) is 56.6 Å². The molecule has 0 unspecified atom stereocenters. The summed E-state index contributed by atoms with van der Waals surface area (Å²) in [7, 11) is 1.27. The normalized spacial score (nSPS) is 11.0. The predicted octanol–water partition coefficient (Wildman–Crippen LogP) is 2.04. The predicted molar refractivity (Wildman–Crippen MR) is 97.8 cm³/mol. The summed E-state index contributed by atoms with van der Waals surface area (Å²) in [6.07, 6.45) is 1.45. The summed E-state index contributed by atoms with van der Waals surface area (Å²) in [5.41, 5.74) is 0.950. The fourth-order valence-electron chi connectivity index (χ4n) is 2.50. The lowest BCUT2D eigenvalue weighted by Gasteiger charge is -2.23. The Morgan fingerprint density at radius 1 is 1.19 bits per heavy atom. The van der Waals surface area contributed by atoms with Crippen molar-refractivity contribution in [1.29, 1.82) is 0 Å². The Morgan fingerprint density at radius 2 is 1.81 bits per heavy atom. The molecule has 27 heavy (non-hydrogen) atoms. The van der Waals surface area contributed by atoms with Crippen molar-refractivity contribution in [3.8, 4) is 5.69 Å². The lowest BCUT2D eigenvalue weighted by atomic mass is 10.0. The van der Waals surface area contributed by atoms with Gasteiger partial charge in [-0.3, -0.25) is 4.79 Å². The summed E-state index contributed by atoms with van der Waals surface area (Å²) < 4.78 is 11.3. The highest BCUT2D eigenvalue weighted by molar-refractivity contribution is 5.98.